The van der Waals surface area contributed by atoms with Gasteiger partial charge in [0.05, 0.1) is 18.5 Å². The largest absolute Gasteiger partial charge is 0.373 e. The summed E-state index contributed by atoms with van der Waals surface area (Å²) in [5, 5.41) is 0.631. The molecule has 32 heavy (non-hydrogen) atoms. The summed E-state index contributed by atoms with van der Waals surface area (Å²) in [6, 6.07) is 7.30. The lowest BCUT2D eigenvalue weighted by Crippen LogP contribution is -2.18. The van der Waals surface area contributed by atoms with E-state index in [0.29, 0.717) is 52.7 Å². The predicted octanol–water partition coefficient (Wildman–Crippen LogP) is 4.90. The third-order valence-corrected chi connectivity index (χ3v) is 6.24. The molecule has 0 N–H and O–H groups in total. The predicted molar refractivity (Wildman–Crippen MR) is 125 cm³/mol. The number of carbonyl (C=O) groups is 1. The van der Waals surface area contributed by atoms with E-state index in [9.17, 15) is 4.79 Å². The SMILES string of the molecule is Cc1cc(Cl)ccc1Cc1c(C(=O)COCC2CC2)cc2c(ncn2CCN(C)C)c1F. The topological polar surface area (TPSA) is 47.4 Å². The number of ether oxygens (including phenoxy) is 1. The Balaban J connectivity index is 1.72. The average Bonchev–Trinajstić information content (AvgIpc) is 3.47. The van der Waals surface area contributed by atoms with Gasteiger partial charge in [-0.3, -0.25) is 4.79 Å². The van der Waals surface area contributed by atoms with Gasteiger partial charge in [0.15, 0.2) is 11.6 Å². The van der Waals surface area contributed by atoms with Crippen LogP contribution in [0.25, 0.3) is 11.0 Å². The van der Waals surface area contributed by atoms with E-state index in [-0.39, 0.29) is 12.4 Å². The van der Waals surface area contributed by atoms with Crippen LogP contribution in [0.4, 0.5) is 4.39 Å². The van der Waals surface area contributed by atoms with Gasteiger partial charge in [0, 0.05) is 35.7 Å². The van der Waals surface area contributed by atoms with Crippen LogP contribution in [0.1, 0.15) is 39.9 Å². The maximum Gasteiger partial charge on any atom is 0.188 e. The van der Waals surface area contributed by atoms with Crippen LogP contribution in [-0.2, 0) is 17.7 Å². The highest BCUT2D eigenvalue weighted by molar-refractivity contribution is 6.30. The van der Waals surface area contributed by atoms with Crippen molar-refractivity contribution in [2.45, 2.75) is 32.7 Å². The highest BCUT2D eigenvalue weighted by atomic mass is 35.5. The quantitative estimate of drug-likeness (QED) is 0.406. The van der Waals surface area contributed by atoms with Crippen LogP contribution in [0.5, 0.6) is 0 Å². The molecular weight excluding hydrogens is 429 g/mol. The number of aromatic nitrogens is 2. The van der Waals surface area contributed by atoms with Gasteiger partial charge in [0.1, 0.15) is 12.1 Å². The first-order chi connectivity index (χ1) is 15.3. The molecule has 0 amide bonds. The van der Waals surface area contributed by atoms with Gasteiger partial charge in [-0.25, -0.2) is 9.37 Å². The van der Waals surface area contributed by atoms with Crippen molar-refractivity contribution in [1.29, 1.82) is 0 Å². The van der Waals surface area contributed by atoms with Gasteiger partial charge < -0.3 is 14.2 Å². The molecule has 3 aromatic rings. The molecule has 7 heteroatoms. The molecule has 2 aromatic carbocycles. The lowest BCUT2D eigenvalue weighted by molar-refractivity contribution is 0.0738. The smallest absolute Gasteiger partial charge is 0.188 e. The van der Waals surface area contributed by atoms with E-state index in [1.807, 2.05) is 37.7 Å². The van der Waals surface area contributed by atoms with Gasteiger partial charge in [-0.05, 0) is 69.1 Å². The highest BCUT2D eigenvalue weighted by Gasteiger charge is 2.24. The number of fused-ring (bicyclic) bond motifs is 1. The van der Waals surface area contributed by atoms with Crippen LogP contribution in [0.2, 0.25) is 5.02 Å². The van der Waals surface area contributed by atoms with Gasteiger partial charge in [-0.2, -0.15) is 0 Å². The van der Waals surface area contributed by atoms with E-state index in [4.69, 9.17) is 16.3 Å². The third-order valence-electron chi connectivity index (χ3n) is 6.00. The number of hydrogen-bond acceptors (Lipinski definition) is 4. The number of Topliss-reactive ketones (excluding diaryl/α,β-unsaturated/α-hetero) is 1. The van der Waals surface area contributed by atoms with Crippen LogP contribution in [0, 0.1) is 18.7 Å². The van der Waals surface area contributed by atoms with Crippen LogP contribution >= 0.6 is 11.6 Å². The molecule has 0 atom stereocenters. The maximum atomic E-state index is 15.8. The molecule has 0 radical (unpaired) electrons. The summed E-state index contributed by atoms with van der Waals surface area (Å²) in [4.78, 5) is 19.5. The van der Waals surface area contributed by atoms with Gasteiger partial charge in [0.2, 0.25) is 0 Å². The van der Waals surface area contributed by atoms with Gasteiger partial charge in [-0.15, -0.1) is 0 Å². The minimum Gasteiger partial charge on any atom is -0.373 e. The number of nitrogens with zero attached hydrogens (tertiary/aromatic N) is 3. The number of rotatable bonds is 10. The summed E-state index contributed by atoms with van der Waals surface area (Å²) in [6.07, 6.45) is 4.24. The first kappa shape index (κ1) is 22.9. The Labute approximate surface area is 193 Å². The number of aryl methyl sites for hydroxylation is 1. The van der Waals surface area contributed by atoms with Crippen molar-refractivity contribution in [3.05, 3.63) is 63.7 Å². The molecule has 1 fully saturated rings. The molecule has 0 aliphatic heterocycles. The number of halogens is 2. The van der Waals surface area contributed by atoms with Crippen molar-refractivity contribution >= 4 is 28.4 Å². The number of likely N-dealkylation sites (N-methyl/N-ethyl adjacent to an activating group) is 1. The van der Waals surface area contributed by atoms with Crippen LogP contribution in [-0.4, -0.2) is 54.1 Å². The van der Waals surface area contributed by atoms with Crippen LogP contribution < -0.4 is 0 Å². The second-order valence-corrected chi connectivity index (χ2v) is 9.39. The Kier molecular flexibility index (Phi) is 6.93. The van der Waals surface area contributed by atoms with E-state index in [0.717, 1.165) is 30.5 Å². The molecule has 0 spiro atoms. The highest BCUT2D eigenvalue weighted by Crippen LogP contribution is 2.30. The van der Waals surface area contributed by atoms with Gasteiger partial charge in [-0.1, -0.05) is 17.7 Å². The Morgan fingerprint density at radius 1 is 1.31 bits per heavy atom. The second kappa shape index (κ2) is 9.69. The molecule has 4 rings (SSSR count). The number of hydrogen-bond donors (Lipinski definition) is 0. The van der Waals surface area contributed by atoms with E-state index >= 15 is 4.39 Å². The fourth-order valence-electron chi connectivity index (χ4n) is 3.83. The summed E-state index contributed by atoms with van der Waals surface area (Å²) in [5.41, 5.74) is 3.53. The van der Waals surface area contributed by atoms with Crippen LogP contribution in [0.3, 0.4) is 0 Å². The molecule has 1 aromatic heterocycles. The number of imidazole rings is 1. The summed E-state index contributed by atoms with van der Waals surface area (Å²) in [6.45, 7) is 3.92. The summed E-state index contributed by atoms with van der Waals surface area (Å²) in [7, 11) is 3.97. The van der Waals surface area contributed by atoms with E-state index in [1.165, 1.54) is 0 Å². The molecule has 0 bridgehead atoms. The van der Waals surface area contributed by atoms with Crippen molar-refractivity contribution in [2.24, 2.45) is 5.92 Å². The Morgan fingerprint density at radius 2 is 2.09 bits per heavy atom. The zero-order valence-corrected chi connectivity index (χ0v) is 19.6. The fourth-order valence-corrected chi connectivity index (χ4v) is 4.06. The van der Waals surface area contributed by atoms with Crippen molar-refractivity contribution in [1.82, 2.24) is 14.5 Å². The first-order valence-corrected chi connectivity index (χ1v) is 11.4. The first-order valence-electron chi connectivity index (χ1n) is 11.0. The molecule has 5 nitrogen and oxygen atoms in total. The zero-order valence-electron chi connectivity index (χ0n) is 18.8. The molecule has 0 unspecified atom stereocenters. The molecule has 1 heterocycles. The monoisotopic (exact) mass is 457 g/mol. The van der Waals surface area contributed by atoms with E-state index in [1.54, 1.807) is 18.5 Å². The number of carbonyl (C=O) groups excluding carboxylic acids is 1. The minimum absolute atomic E-state index is 0.0418. The zero-order chi connectivity index (χ0) is 22.8. The second-order valence-electron chi connectivity index (χ2n) is 8.95. The van der Waals surface area contributed by atoms with Gasteiger partial charge in [0.25, 0.3) is 0 Å². The minimum atomic E-state index is -0.439. The maximum absolute atomic E-state index is 15.8. The molecular formula is C25H29ClFN3O2. The number of ketones is 1. The Bertz CT molecular complexity index is 1140. The summed E-state index contributed by atoms with van der Waals surface area (Å²) in [5.74, 6) is -0.0786. The molecule has 1 aliphatic carbocycles. The van der Waals surface area contributed by atoms with Gasteiger partial charge >= 0.3 is 0 Å². The molecule has 0 saturated heterocycles. The van der Waals surface area contributed by atoms with E-state index in [2.05, 4.69) is 9.88 Å². The van der Waals surface area contributed by atoms with Crippen LogP contribution in [0.15, 0.2) is 30.6 Å². The fraction of sp³-hybridized carbons (Fsp3) is 0.440. The van der Waals surface area contributed by atoms with Crippen molar-refractivity contribution in [3.8, 4) is 0 Å². The lowest BCUT2D eigenvalue weighted by atomic mass is 9.94. The van der Waals surface area contributed by atoms with Crippen molar-refractivity contribution < 1.29 is 13.9 Å². The Hall–Kier alpha value is -2.28. The Morgan fingerprint density at radius 3 is 2.78 bits per heavy atom. The lowest BCUT2D eigenvalue weighted by Gasteiger charge is -2.15. The van der Waals surface area contributed by atoms with Crippen molar-refractivity contribution in [3.63, 3.8) is 0 Å². The van der Waals surface area contributed by atoms with Crippen molar-refractivity contribution in [2.75, 3.05) is 33.9 Å². The average molecular weight is 458 g/mol. The number of benzene rings is 2. The summed E-state index contributed by atoms with van der Waals surface area (Å²) >= 11 is 6.09. The summed E-state index contributed by atoms with van der Waals surface area (Å²) < 4.78 is 23.3. The molecule has 1 aliphatic rings. The standard InChI is InChI=1S/C25H29ClFN3O2/c1-16-10-19(26)7-6-18(16)11-21-20(23(31)14-32-13-17-4-5-17)12-22-25(24(21)27)28-15-30(22)9-8-29(2)3/h6-7,10,12,15,17H,4-5,8-9,11,13-14H2,1-3H3. The third kappa shape index (κ3) is 5.20. The normalized spacial score (nSPS) is 13.9. The molecule has 170 valence electrons. The van der Waals surface area contributed by atoms with E-state index < -0.39 is 5.82 Å². The molecule has 1 saturated carbocycles.